The lowest BCUT2D eigenvalue weighted by Crippen LogP contribution is -2.36. The number of fused-ring (bicyclic) bond motifs is 1. The molecule has 0 fully saturated rings. The highest BCUT2D eigenvalue weighted by atomic mass is 35.5. The lowest BCUT2D eigenvalue weighted by molar-refractivity contribution is 0.0985. The molecule has 0 aliphatic heterocycles. The van der Waals surface area contributed by atoms with Crippen molar-refractivity contribution in [3.63, 3.8) is 0 Å². The highest BCUT2D eigenvalue weighted by Gasteiger charge is 2.22. The van der Waals surface area contributed by atoms with E-state index in [2.05, 4.69) is 30.9 Å². The maximum atomic E-state index is 13.3. The molecule has 3 rings (SSSR count). The average molecular weight is 448 g/mol. The second-order valence-electron chi connectivity index (χ2n) is 7.85. The normalized spacial score (nSPS) is 11.1. The third kappa shape index (κ3) is 5.72. The van der Waals surface area contributed by atoms with Crippen molar-refractivity contribution in [2.45, 2.75) is 33.8 Å². The number of amides is 1. The van der Waals surface area contributed by atoms with Crippen LogP contribution in [0.4, 0.5) is 5.13 Å². The van der Waals surface area contributed by atoms with Gasteiger partial charge in [-0.1, -0.05) is 11.3 Å². The molecule has 7 heteroatoms. The van der Waals surface area contributed by atoms with Crippen LogP contribution in [-0.4, -0.2) is 49.1 Å². The van der Waals surface area contributed by atoms with Gasteiger partial charge >= 0.3 is 0 Å². The summed E-state index contributed by atoms with van der Waals surface area (Å²) in [4.78, 5) is 22.0. The van der Waals surface area contributed by atoms with Crippen molar-refractivity contribution in [2.24, 2.45) is 0 Å². The van der Waals surface area contributed by atoms with E-state index >= 15 is 0 Å². The fourth-order valence-corrected chi connectivity index (χ4v) is 4.04. The molecule has 0 bridgehead atoms. The number of hydrogen-bond donors (Lipinski definition) is 0. The molecule has 30 heavy (non-hydrogen) atoms. The quantitative estimate of drug-likeness (QED) is 0.491. The van der Waals surface area contributed by atoms with Crippen molar-refractivity contribution < 1.29 is 9.53 Å². The number of likely N-dealkylation sites (N-methyl/N-ethyl adjacent to an activating group) is 1. The van der Waals surface area contributed by atoms with Gasteiger partial charge in [0.1, 0.15) is 5.75 Å². The molecular formula is C23H30ClN3O2S. The van der Waals surface area contributed by atoms with Gasteiger partial charge in [0.2, 0.25) is 0 Å². The summed E-state index contributed by atoms with van der Waals surface area (Å²) in [7, 11) is 4.01. The molecule has 2 aromatic carbocycles. The number of rotatable bonds is 7. The van der Waals surface area contributed by atoms with Gasteiger partial charge in [-0.25, -0.2) is 4.98 Å². The standard InChI is InChI=1S/C23H29N3O2S.ClH/c1-15(2)28-19-9-7-18(8-10-19)22(27)26(12-11-25(5)6)23-24-20-13-16(3)17(4)14-21(20)29-23;/h7-10,13-15H,11-12H2,1-6H3;1H. The Labute approximate surface area is 189 Å². The molecule has 0 spiro atoms. The van der Waals surface area contributed by atoms with Crippen LogP contribution in [0.3, 0.4) is 0 Å². The molecule has 0 N–H and O–H groups in total. The van der Waals surface area contributed by atoms with Gasteiger partial charge in [-0.3, -0.25) is 9.69 Å². The van der Waals surface area contributed by atoms with E-state index in [1.54, 1.807) is 16.2 Å². The van der Waals surface area contributed by atoms with E-state index in [0.29, 0.717) is 12.1 Å². The second kappa shape index (κ2) is 10.2. The van der Waals surface area contributed by atoms with Crippen molar-refractivity contribution in [3.8, 4) is 5.75 Å². The first-order chi connectivity index (χ1) is 13.7. The third-order valence-corrected chi connectivity index (χ3v) is 5.75. The smallest absolute Gasteiger partial charge is 0.260 e. The van der Waals surface area contributed by atoms with Gasteiger partial charge in [-0.2, -0.15) is 0 Å². The summed E-state index contributed by atoms with van der Waals surface area (Å²) in [5, 5.41) is 0.736. The minimum Gasteiger partial charge on any atom is -0.491 e. The predicted octanol–water partition coefficient (Wildman–Crippen LogP) is 5.33. The summed E-state index contributed by atoms with van der Waals surface area (Å²) in [6, 6.07) is 11.6. The van der Waals surface area contributed by atoms with Crippen LogP contribution in [0.2, 0.25) is 0 Å². The number of anilines is 1. The van der Waals surface area contributed by atoms with Crippen molar-refractivity contribution in [3.05, 3.63) is 53.1 Å². The van der Waals surface area contributed by atoms with Gasteiger partial charge < -0.3 is 9.64 Å². The van der Waals surface area contributed by atoms with Crippen molar-refractivity contribution in [2.75, 3.05) is 32.1 Å². The Balaban J connectivity index is 0.00000320. The number of aryl methyl sites for hydroxylation is 2. The first-order valence-electron chi connectivity index (χ1n) is 9.85. The van der Waals surface area contributed by atoms with E-state index in [-0.39, 0.29) is 24.4 Å². The van der Waals surface area contributed by atoms with Gasteiger partial charge in [0.15, 0.2) is 5.13 Å². The molecule has 0 unspecified atom stereocenters. The monoisotopic (exact) mass is 447 g/mol. The first-order valence-corrected chi connectivity index (χ1v) is 10.7. The fourth-order valence-electron chi connectivity index (χ4n) is 2.97. The predicted molar refractivity (Wildman–Crippen MR) is 129 cm³/mol. The average Bonchev–Trinajstić information content (AvgIpc) is 3.04. The van der Waals surface area contributed by atoms with Crippen LogP contribution in [-0.2, 0) is 0 Å². The van der Waals surface area contributed by atoms with Crippen LogP contribution in [0.1, 0.15) is 35.3 Å². The van der Waals surface area contributed by atoms with E-state index in [0.717, 1.165) is 27.6 Å². The number of ether oxygens (including phenoxy) is 1. The van der Waals surface area contributed by atoms with Crippen LogP contribution in [0.5, 0.6) is 5.75 Å². The molecule has 0 aliphatic carbocycles. The van der Waals surface area contributed by atoms with Gasteiger partial charge in [0.05, 0.1) is 16.3 Å². The Morgan fingerprint density at radius 2 is 1.70 bits per heavy atom. The van der Waals surface area contributed by atoms with Crippen LogP contribution in [0.15, 0.2) is 36.4 Å². The summed E-state index contributed by atoms with van der Waals surface area (Å²) in [5.74, 6) is 0.720. The zero-order valence-electron chi connectivity index (χ0n) is 18.4. The van der Waals surface area contributed by atoms with Crippen LogP contribution >= 0.6 is 23.7 Å². The number of carbonyl (C=O) groups excluding carboxylic acids is 1. The molecule has 0 atom stereocenters. The Kier molecular flexibility index (Phi) is 8.24. The Morgan fingerprint density at radius 3 is 2.30 bits per heavy atom. The Hall–Kier alpha value is -2.15. The number of halogens is 1. The van der Waals surface area contributed by atoms with Gasteiger partial charge in [-0.05, 0) is 89.3 Å². The minimum absolute atomic E-state index is 0. The van der Waals surface area contributed by atoms with E-state index in [4.69, 9.17) is 9.72 Å². The zero-order valence-corrected chi connectivity index (χ0v) is 20.1. The Morgan fingerprint density at radius 1 is 1.07 bits per heavy atom. The summed E-state index contributed by atoms with van der Waals surface area (Å²) in [6.07, 6.45) is 0.0998. The van der Waals surface area contributed by atoms with Gasteiger partial charge in [0, 0.05) is 18.7 Å². The summed E-state index contributed by atoms with van der Waals surface area (Å²) >= 11 is 1.57. The van der Waals surface area contributed by atoms with E-state index in [9.17, 15) is 4.79 Å². The minimum atomic E-state index is -0.0459. The maximum absolute atomic E-state index is 13.3. The SMILES string of the molecule is Cc1cc2nc(N(CCN(C)C)C(=O)c3ccc(OC(C)C)cc3)sc2cc1C.Cl. The largest absolute Gasteiger partial charge is 0.491 e. The topological polar surface area (TPSA) is 45.7 Å². The summed E-state index contributed by atoms with van der Waals surface area (Å²) < 4.78 is 6.80. The number of thiazole rings is 1. The molecule has 0 aliphatic rings. The number of hydrogen-bond acceptors (Lipinski definition) is 5. The number of benzene rings is 2. The van der Waals surface area contributed by atoms with Crippen molar-refractivity contribution >= 4 is 45.0 Å². The van der Waals surface area contributed by atoms with Crippen molar-refractivity contribution in [1.82, 2.24) is 9.88 Å². The molecule has 1 aromatic heterocycles. The number of aromatic nitrogens is 1. The number of carbonyl (C=O) groups is 1. The Bertz CT molecular complexity index is 961. The van der Waals surface area contributed by atoms with Crippen LogP contribution in [0, 0.1) is 13.8 Å². The summed E-state index contributed by atoms with van der Waals surface area (Å²) in [5.41, 5.74) is 4.02. The fraction of sp³-hybridized carbons (Fsp3) is 0.391. The van der Waals surface area contributed by atoms with E-state index < -0.39 is 0 Å². The van der Waals surface area contributed by atoms with E-state index in [1.165, 1.54) is 11.1 Å². The zero-order chi connectivity index (χ0) is 21.1. The van der Waals surface area contributed by atoms with Crippen LogP contribution < -0.4 is 9.64 Å². The molecule has 0 saturated heterocycles. The van der Waals surface area contributed by atoms with Gasteiger partial charge in [-0.15, -0.1) is 12.4 Å². The molecule has 162 valence electrons. The second-order valence-corrected chi connectivity index (χ2v) is 8.86. The maximum Gasteiger partial charge on any atom is 0.260 e. The molecule has 3 aromatic rings. The lowest BCUT2D eigenvalue weighted by atomic mass is 10.1. The highest BCUT2D eigenvalue weighted by molar-refractivity contribution is 7.22. The first kappa shape index (κ1) is 24.1. The van der Waals surface area contributed by atoms with Crippen molar-refractivity contribution in [1.29, 1.82) is 0 Å². The third-order valence-electron chi connectivity index (χ3n) is 4.71. The highest BCUT2D eigenvalue weighted by Crippen LogP contribution is 2.31. The molecule has 0 saturated carbocycles. The van der Waals surface area contributed by atoms with Crippen LogP contribution in [0.25, 0.3) is 10.2 Å². The van der Waals surface area contributed by atoms with Gasteiger partial charge in [0.25, 0.3) is 5.91 Å². The molecule has 1 heterocycles. The molecule has 0 radical (unpaired) electrons. The molecule has 5 nitrogen and oxygen atoms in total. The molecule has 1 amide bonds. The van der Waals surface area contributed by atoms with E-state index in [1.807, 2.05) is 52.2 Å². The lowest BCUT2D eigenvalue weighted by Gasteiger charge is -2.22. The molecular weight excluding hydrogens is 418 g/mol. The summed E-state index contributed by atoms with van der Waals surface area (Å²) in [6.45, 7) is 9.49. The number of nitrogens with zero attached hydrogens (tertiary/aromatic N) is 3.